The molecule has 0 amide bonds. The third-order valence-electron chi connectivity index (χ3n) is 2.98. The Morgan fingerprint density at radius 2 is 2.10 bits per heavy atom. The smallest absolute Gasteiger partial charge is 0.330 e. The van der Waals surface area contributed by atoms with E-state index in [2.05, 4.69) is 4.98 Å². The minimum absolute atomic E-state index is 0.0427. The molecule has 0 aromatic carbocycles. The van der Waals surface area contributed by atoms with Gasteiger partial charge in [-0.3, -0.25) is 14.3 Å². The highest BCUT2D eigenvalue weighted by Crippen LogP contribution is 2.18. The maximum absolute atomic E-state index is 12.0. The van der Waals surface area contributed by atoms with Gasteiger partial charge >= 0.3 is 5.69 Å². The number of methoxy groups -OCH3 is 1. The third-order valence-corrected chi connectivity index (χ3v) is 2.98. The van der Waals surface area contributed by atoms with Gasteiger partial charge in [-0.2, -0.15) is 0 Å². The molecule has 4 N–H and O–H groups in total. The highest BCUT2D eigenvalue weighted by Gasteiger charge is 2.20. The van der Waals surface area contributed by atoms with E-state index in [0.717, 1.165) is 0 Å². The summed E-state index contributed by atoms with van der Waals surface area (Å²) in [6.07, 6.45) is 0. The first-order chi connectivity index (χ1) is 9.43. The second-order valence-electron chi connectivity index (χ2n) is 4.65. The number of aliphatic hydroxyl groups excluding tert-OH is 1. The first-order valence-electron chi connectivity index (χ1n) is 6.43. The standard InChI is InChI=1S/C12H22N4O4/c1-8(2)15(4-6-17)9-10(13)16(5-7-20-3)12(19)14-11(9)18/h8,17H,4-7,13H2,1-3H3,(H,14,18,19). The average Bonchev–Trinajstić information content (AvgIpc) is 2.37. The lowest BCUT2D eigenvalue weighted by molar-refractivity contribution is 0.186. The summed E-state index contributed by atoms with van der Waals surface area (Å²) in [7, 11) is 1.51. The number of anilines is 2. The predicted octanol–water partition coefficient (Wildman–Crippen LogP) is -1.03. The van der Waals surface area contributed by atoms with Crippen LogP contribution < -0.4 is 21.9 Å². The van der Waals surface area contributed by atoms with E-state index in [0.29, 0.717) is 6.61 Å². The van der Waals surface area contributed by atoms with Crippen LogP contribution >= 0.6 is 0 Å². The van der Waals surface area contributed by atoms with E-state index in [-0.39, 0.29) is 37.2 Å². The molecule has 0 saturated heterocycles. The van der Waals surface area contributed by atoms with Crippen molar-refractivity contribution in [3.05, 3.63) is 20.8 Å². The molecule has 0 bridgehead atoms. The van der Waals surface area contributed by atoms with Crippen molar-refractivity contribution in [2.75, 3.05) is 37.5 Å². The molecule has 1 aromatic rings. The largest absolute Gasteiger partial charge is 0.395 e. The van der Waals surface area contributed by atoms with Crippen LogP contribution in [-0.4, -0.2) is 47.6 Å². The highest BCUT2D eigenvalue weighted by molar-refractivity contribution is 5.62. The van der Waals surface area contributed by atoms with Crippen LogP contribution in [0.4, 0.5) is 11.5 Å². The number of hydrogen-bond donors (Lipinski definition) is 3. The predicted molar refractivity (Wildman–Crippen MR) is 77.2 cm³/mol. The molecule has 8 nitrogen and oxygen atoms in total. The molecular formula is C12H22N4O4. The Morgan fingerprint density at radius 1 is 1.45 bits per heavy atom. The van der Waals surface area contributed by atoms with Gasteiger partial charge < -0.3 is 20.5 Å². The fourth-order valence-corrected chi connectivity index (χ4v) is 2.00. The van der Waals surface area contributed by atoms with Gasteiger partial charge in [-0.15, -0.1) is 0 Å². The molecule has 1 heterocycles. The summed E-state index contributed by atoms with van der Waals surface area (Å²) < 4.78 is 6.18. The SMILES string of the molecule is COCCn1c(N)c(N(CCO)C(C)C)c(=O)[nH]c1=O. The molecule has 8 heteroatoms. The number of hydrogen-bond acceptors (Lipinski definition) is 6. The van der Waals surface area contributed by atoms with Crippen LogP contribution in [0.15, 0.2) is 9.59 Å². The molecule has 1 rings (SSSR count). The number of aromatic amines is 1. The Labute approximate surface area is 116 Å². The minimum Gasteiger partial charge on any atom is -0.395 e. The van der Waals surface area contributed by atoms with Crippen LogP contribution in [0.3, 0.4) is 0 Å². The van der Waals surface area contributed by atoms with Crippen LogP contribution in [0.25, 0.3) is 0 Å². The summed E-state index contributed by atoms with van der Waals surface area (Å²) in [6, 6.07) is -0.0427. The first-order valence-corrected chi connectivity index (χ1v) is 6.43. The number of nitrogens with zero attached hydrogens (tertiary/aromatic N) is 2. The van der Waals surface area contributed by atoms with E-state index in [4.69, 9.17) is 15.6 Å². The summed E-state index contributed by atoms with van der Waals surface area (Å²) >= 11 is 0. The average molecular weight is 286 g/mol. The Kier molecular flexibility index (Phi) is 5.78. The number of nitrogens with one attached hydrogen (secondary N) is 1. The summed E-state index contributed by atoms with van der Waals surface area (Å²) in [5.74, 6) is 0.0814. The first kappa shape index (κ1) is 16.3. The molecule has 0 fully saturated rings. The second-order valence-corrected chi connectivity index (χ2v) is 4.65. The van der Waals surface area contributed by atoms with Gasteiger partial charge in [0.2, 0.25) is 0 Å². The molecular weight excluding hydrogens is 264 g/mol. The minimum atomic E-state index is -0.569. The number of aromatic nitrogens is 2. The number of ether oxygens (including phenoxy) is 1. The molecule has 0 unspecified atom stereocenters. The molecule has 0 radical (unpaired) electrons. The zero-order valence-electron chi connectivity index (χ0n) is 12.0. The van der Waals surface area contributed by atoms with E-state index in [1.165, 1.54) is 11.7 Å². The van der Waals surface area contributed by atoms with Gasteiger partial charge in [0.05, 0.1) is 19.8 Å². The number of aliphatic hydroxyl groups is 1. The van der Waals surface area contributed by atoms with Gasteiger partial charge in [0.15, 0.2) is 0 Å². The van der Waals surface area contributed by atoms with Crippen LogP contribution in [-0.2, 0) is 11.3 Å². The highest BCUT2D eigenvalue weighted by atomic mass is 16.5. The lowest BCUT2D eigenvalue weighted by Crippen LogP contribution is -2.42. The Bertz CT molecular complexity index is 549. The normalized spacial score (nSPS) is 11.1. The van der Waals surface area contributed by atoms with Crippen molar-refractivity contribution in [2.24, 2.45) is 0 Å². The molecule has 0 saturated carbocycles. The second kappa shape index (κ2) is 7.11. The van der Waals surface area contributed by atoms with E-state index in [1.807, 2.05) is 13.8 Å². The van der Waals surface area contributed by atoms with Crippen molar-refractivity contribution in [1.29, 1.82) is 0 Å². The fraction of sp³-hybridized carbons (Fsp3) is 0.667. The Hall–Kier alpha value is -1.80. The van der Waals surface area contributed by atoms with Crippen LogP contribution in [0.5, 0.6) is 0 Å². The molecule has 20 heavy (non-hydrogen) atoms. The lowest BCUT2D eigenvalue weighted by atomic mass is 10.2. The number of nitrogen functional groups attached to an aromatic ring is 1. The summed E-state index contributed by atoms with van der Waals surface area (Å²) in [6.45, 7) is 4.44. The van der Waals surface area contributed by atoms with Crippen molar-refractivity contribution in [3.8, 4) is 0 Å². The Morgan fingerprint density at radius 3 is 2.60 bits per heavy atom. The van der Waals surface area contributed by atoms with E-state index < -0.39 is 11.2 Å². The summed E-state index contributed by atoms with van der Waals surface area (Å²) in [5.41, 5.74) is 5.04. The maximum atomic E-state index is 12.0. The van der Waals surface area contributed by atoms with Crippen molar-refractivity contribution < 1.29 is 9.84 Å². The third kappa shape index (κ3) is 3.40. The fourth-order valence-electron chi connectivity index (χ4n) is 2.00. The van der Waals surface area contributed by atoms with Crippen molar-refractivity contribution in [3.63, 3.8) is 0 Å². The molecule has 0 atom stereocenters. The number of H-pyrrole nitrogens is 1. The molecule has 1 aromatic heterocycles. The van der Waals surface area contributed by atoms with Gasteiger partial charge in [-0.1, -0.05) is 0 Å². The monoisotopic (exact) mass is 286 g/mol. The van der Waals surface area contributed by atoms with E-state index in [9.17, 15) is 9.59 Å². The van der Waals surface area contributed by atoms with E-state index in [1.54, 1.807) is 4.90 Å². The molecule has 0 aliphatic carbocycles. The van der Waals surface area contributed by atoms with Gasteiger partial charge in [-0.05, 0) is 13.8 Å². The van der Waals surface area contributed by atoms with Gasteiger partial charge in [0, 0.05) is 19.7 Å². The van der Waals surface area contributed by atoms with Crippen LogP contribution in [0.2, 0.25) is 0 Å². The van der Waals surface area contributed by atoms with Gasteiger partial charge in [-0.25, -0.2) is 4.79 Å². The lowest BCUT2D eigenvalue weighted by Gasteiger charge is -2.29. The van der Waals surface area contributed by atoms with Crippen molar-refractivity contribution >= 4 is 11.5 Å². The van der Waals surface area contributed by atoms with E-state index >= 15 is 0 Å². The maximum Gasteiger partial charge on any atom is 0.330 e. The van der Waals surface area contributed by atoms with Crippen molar-refractivity contribution in [2.45, 2.75) is 26.4 Å². The van der Waals surface area contributed by atoms with Gasteiger partial charge in [0.25, 0.3) is 5.56 Å². The number of rotatable bonds is 7. The van der Waals surface area contributed by atoms with Crippen LogP contribution in [0.1, 0.15) is 13.8 Å². The zero-order chi connectivity index (χ0) is 15.3. The van der Waals surface area contributed by atoms with Crippen molar-refractivity contribution in [1.82, 2.24) is 9.55 Å². The molecule has 114 valence electrons. The van der Waals surface area contributed by atoms with Gasteiger partial charge in [0.1, 0.15) is 11.5 Å². The zero-order valence-corrected chi connectivity index (χ0v) is 12.0. The van der Waals surface area contributed by atoms with Crippen LogP contribution in [0, 0.1) is 0 Å². The molecule has 0 aliphatic rings. The summed E-state index contributed by atoms with van der Waals surface area (Å²) in [4.78, 5) is 27.7. The molecule has 0 aliphatic heterocycles. The topological polar surface area (TPSA) is 114 Å². The summed E-state index contributed by atoms with van der Waals surface area (Å²) in [5, 5.41) is 9.11. The quantitative estimate of drug-likeness (QED) is 0.591. The molecule has 0 spiro atoms. The Balaban J connectivity index is 3.38. The number of nitrogens with two attached hydrogens (primary N) is 1.